The lowest BCUT2D eigenvalue weighted by Crippen LogP contribution is -2.00. The van der Waals surface area contributed by atoms with Gasteiger partial charge in [-0.25, -0.2) is 0 Å². The summed E-state index contributed by atoms with van der Waals surface area (Å²) in [5.74, 6) is -0.429. The van der Waals surface area contributed by atoms with E-state index in [9.17, 15) is 9.59 Å². The third kappa shape index (κ3) is 4.99. The average Bonchev–Trinajstić information content (AvgIpc) is 2.64. The summed E-state index contributed by atoms with van der Waals surface area (Å²) in [5.41, 5.74) is 3.32. The van der Waals surface area contributed by atoms with Crippen LogP contribution in [0.3, 0.4) is 0 Å². The Kier molecular flexibility index (Phi) is 6.60. The van der Waals surface area contributed by atoms with Crippen LogP contribution in [0.1, 0.15) is 24.0 Å². The van der Waals surface area contributed by atoms with Gasteiger partial charge in [0.15, 0.2) is 0 Å². The van der Waals surface area contributed by atoms with E-state index >= 15 is 0 Å². The van der Waals surface area contributed by atoms with E-state index in [-0.39, 0.29) is 12.8 Å². The van der Waals surface area contributed by atoms with Crippen LogP contribution in [-0.4, -0.2) is 36.4 Å². The molecule has 0 aliphatic heterocycles. The normalized spacial score (nSPS) is 10.4. The van der Waals surface area contributed by atoms with Gasteiger partial charge in [-0.15, -0.1) is 0 Å². The van der Waals surface area contributed by atoms with Crippen LogP contribution in [0.4, 0.5) is 0 Å². The van der Waals surface area contributed by atoms with Crippen LogP contribution >= 0.6 is 0 Å². The summed E-state index contributed by atoms with van der Waals surface area (Å²) in [7, 11) is 3.13. The Morgan fingerprint density at radius 2 is 1.15 bits per heavy atom. The van der Waals surface area contributed by atoms with Crippen molar-refractivity contribution in [2.75, 3.05) is 14.2 Å². The molecule has 0 bridgehead atoms. The fourth-order valence-corrected chi connectivity index (χ4v) is 2.74. The second kappa shape index (κ2) is 8.89. The first-order chi connectivity index (χ1) is 12.4. The molecule has 2 N–H and O–H groups in total. The molecule has 2 aromatic rings. The van der Waals surface area contributed by atoms with Gasteiger partial charge in [0, 0.05) is 24.0 Å². The molecule has 0 aliphatic carbocycles. The number of carboxylic acids is 2. The van der Waals surface area contributed by atoms with E-state index in [1.165, 1.54) is 0 Å². The van der Waals surface area contributed by atoms with Crippen molar-refractivity contribution in [3.8, 4) is 22.6 Å². The molecule has 2 aromatic carbocycles. The van der Waals surface area contributed by atoms with E-state index in [0.29, 0.717) is 24.3 Å². The monoisotopic (exact) mass is 358 g/mol. The summed E-state index contributed by atoms with van der Waals surface area (Å²) < 4.78 is 10.9. The SMILES string of the molecule is COc1ccc(CCC(=O)O)cc1-c1cc(CCC(=O)O)ccc1OC. The van der Waals surface area contributed by atoms with E-state index < -0.39 is 11.9 Å². The number of aryl methyl sites for hydroxylation is 2. The Bertz CT molecular complexity index is 729. The maximum atomic E-state index is 10.8. The van der Waals surface area contributed by atoms with Crippen LogP contribution in [0.2, 0.25) is 0 Å². The molecule has 138 valence electrons. The average molecular weight is 358 g/mol. The van der Waals surface area contributed by atoms with Gasteiger partial charge in [0.25, 0.3) is 0 Å². The predicted molar refractivity (Wildman–Crippen MR) is 96.9 cm³/mol. The molecule has 6 heteroatoms. The first-order valence-corrected chi connectivity index (χ1v) is 8.22. The lowest BCUT2D eigenvalue weighted by Gasteiger charge is -2.15. The van der Waals surface area contributed by atoms with Crippen molar-refractivity contribution < 1.29 is 29.3 Å². The number of rotatable bonds is 9. The van der Waals surface area contributed by atoms with E-state index in [1.807, 2.05) is 24.3 Å². The highest BCUT2D eigenvalue weighted by Crippen LogP contribution is 2.38. The number of benzene rings is 2. The molecule has 26 heavy (non-hydrogen) atoms. The topological polar surface area (TPSA) is 93.1 Å². The summed E-state index contributed by atoms with van der Waals surface area (Å²) in [6, 6.07) is 11.1. The first kappa shape index (κ1) is 19.3. The van der Waals surface area contributed by atoms with Crippen LogP contribution in [-0.2, 0) is 22.4 Å². The Labute approximate surface area is 152 Å². The molecule has 0 saturated carbocycles. The quantitative estimate of drug-likeness (QED) is 0.714. The molecule has 0 spiro atoms. The van der Waals surface area contributed by atoms with Gasteiger partial charge in [0.05, 0.1) is 14.2 Å². The largest absolute Gasteiger partial charge is 0.496 e. The Balaban J connectivity index is 2.46. The van der Waals surface area contributed by atoms with Crippen LogP contribution in [0, 0.1) is 0 Å². The molecule has 0 amide bonds. The zero-order valence-electron chi connectivity index (χ0n) is 14.8. The molecular formula is C20H22O6. The van der Waals surface area contributed by atoms with Gasteiger partial charge in [-0.1, -0.05) is 12.1 Å². The lowest BCUT2D eigenvalue weighted by atomic mass is 9.96. The molecule has 0 saturated heterocycles. The van der Waals surface area contributed by atoms with Gasteiger partial charge < -0.3 is 19.7 Å². The van der Waals surface area contributed by atoms with Crippen molar-refractivity contribution in [2.24, 2.45) is 0 Å². The number of carboxylic acid groups (broad SMARTS) is 2. The lowest BCUT2D eigenvalue weighted by molar-refractivity contribution is -0.138. The van der Waals surface area contributed by atoms with E-state index in [0.717, 1.165) is 22.3 Å². The van der Waals surface area contributed by atoms with Gasteiger partial charge in [-0.3, -0.25) is 9.59 Å². The van der Waals surface area contributed by atoms with Crippen LogP contribution in [0.25, 0.3) is 11.1 Å². The first-order valence-electron chi connectivity index (χ1n) is 8.22. The van der Waals surface area contributed by atoms with Gasteiger partial charge in [0.2, 0.25) is 0 Å². The molecule has 0 unspecified atom stereocenters. The minimum absolute atomic E-state index is 0.0432. The number of hydrogen-bond acceptors (Lipinski definition) is 4. The summed E-state index contributed by atoms with van der Waals surface area (Å²) >= 11 is 0. The zero-order valence-corrected chi connectivity index (χ0v) is 14.8. The molecule has 0 radical (unpaired) electrons. The molecule has 0 atom stereocenters. The van der Waals surface area contributed by atoms with Crippen LogP contribution < -0.4 is 9.47 Å². The van der Waals surface area contributed by atoms with Crippen molar-refractivity contribution in [2.45, 2.75) is 25.7 Å². The minimum atomic E-state index is -0.851. The van der Waals surface area contributed by atoms with Gasteiger partial charge in [0.1, 0.15) is 11.5 Å². The van der Waals surface area contributed by atoms with Crippen molar-refractivity contribution in [1.29, 1.82) is 0 Å². The van der Waals surface area contributed by atoms with Gasteiger partial charge in [-0.05, 0) is 48.2 Å². The van der Waals surface area contributed by atoms with Gasteiger partial charge in [-0.2, -0.15) is 0 Å². The van der Waals surface area contributed by atoms with Crippen molar-refractivity contribution in [1.82, 2.24) is 0 Å². The number of ether oxygens (including phenoxy) is 2. The highest BCUT2D eigenvalue weighted by Gasteiger charge is 2.14. The minimum Gasteiger partial charge on any atom is -0.496 e. The Morgan fingerprint density at radius 1 is 0.769 bits per heavy atom. The van der Waals surface area contributed by atoms with E-state index in [1.54, 1.807) is 26.4 Å². The summed E-state index contributed by atoms with van der Waals surface area (Å²) in [5, 5.41) is 17.8. The zero-order chi connectivity index (χ0) is 19.1. The van der Waals surface area contributed by atoms with E-state index in [4.69, 9.17) is 19.7 Å². The number of hydrogen-bond donors (Lipinski definition) is 2. The Morgan fingerprint density at radius 3 is 1.46 bits per heavy atom. The number of carbonyl (C=O) groups is 2. The Hall–Kier alpha value is -3.02. The van der Waals surface area contributed by atoms with E-state index in [2.05, 4.69) is 0 Å². The standard InChI is InChI=1S/C20H22O6/c1-25-17-7-3-13(5-9-19(21)22)11-15(17)16-12-14(6-10-20(23)24)4-8-18(16)26-2/h3-4,7-8,11-12H,5-6,9-10H2,1-2H3,(H,21,22)(H,23,24). The highest BCUT2D eigenvalue weighted by atomic mass is 16.5. The maximum Gasteiger partial charge on any atom is 0.303 e. The van der Waals surface area contributed by atoms with Gasteiger partial charge >= 0.3 is 11.9 Å². The molecule has 0 heterocycles. The second-order valence-electron chi connectivity index (χ2n) is 5.86. The fraction of sp³-hybridized carbons (Fsp3) is 0.300. The number of aliphatic carboxylic acids is 2. The van der Waals surface area contributed by atoms with Crippen molar-refractivity contribution >= 4 is 11.9 Å². The molecule has 6 nitrogen and oxygen atoms in total. The molecule has 0 aliphatic rings. The summed E-state index contributed by atoms with van der Waals surface area (Å²) in [6.45, 7) is 0. The number of methoxy groups -OCH3 is 2. The summed E-state index contributed by atoms with van der Waals surface area (Å²) in [4.78, 5) is 21.7. The van der Waals surface area contributed by atoms with Crippen molar-refractivity contribution in [3.05, 3.63) is 47.5 Å². The van der Waals surface area contributed by atoms with Crippen molar-refractivity contribution in [3.63, 3.8) is 0 Å². The smallest absolute Gasteiger partial charge is 0.303 e. The molecule has 2 rings (SSSR count). The fourth-order valence-electron chi connectivity index (χ4n) is 2.74. The van der Waals surface area contributed by atoms with Crippen LogP contribution in [0.5, 0.6) is 11.5 Å². The molecule has 0 aromatic heterocycles. The van der Waals surface area contributed by atoms with Crippen LogP contribution in [0.15, 0.2) is 36.4 Å². The predicted octanol–water partition coefficient (Wildman–Crippen LogP) is 3.41. The second-order valence-corrected chi connectivity index (χ2v) is 5.86. The third-order valence-electron chi connectivity index (χ3n) is 4.07. The third-order valence-corrected chi connectivity index (χ3v) is 4.07. The maximum absolute atomic E-state index is 10.8. The summed E-state index contributed by atoms with van der Waals surface area (Å²) in [6.07, 6.45) is 0.907. The molecular weight excluding hydrogens is 336 g/mol. The molecule has 0 fully saturated rings. The highest BCUT2D eigenvalue weighted by molar-refractivity contribution is 5.77.